The number of aryl methyl sites for hydroxylation is 2. The minimum atomic E-state index is -4.18. The fraction of sp³-hybridized carbons (Fsp3) is 0.167. The molecule has 0 atom stereocenters. The van der Waals surface area contributed by atoms with Crippen LogP contribution in [0.25, 0.3) is 10.8 Å². The lowest BCUT2D eigenvalue weighted by Gasteiger charge is -2.08. The molecule has 0 fully saturated rings. The molecule has 2 rings (SSSR count). The Labute approximate surface area is 94.5 Å². The van der Waals surface area contributed by atoms with Crippen molar-refractivity contribution < 1.29 is 13.0 Å². The molecular formula is C12H12O3S. The normalized spacial score (nSPS) is 11.9. The van der Waals surface area contributed by atoms with Crippen LogP contribution in [-0.4, -0.2) is 13.0 Å². The van der Waals surface area contributed by atoms with Gasteiger partial charge in [-0.3, -0.25) is 4.55 Å². The molecular weight excluding hydrogens is 224 g/mol. The van der Waals surface area contributed by atoms with Crippen LogP contribution in [0.1, 0.15) is 11.1 Å². The molecule has 0 aliphatic rings. The van der Waals surface area contributed by atoms with Gasteiger partial charge in [0.25, 0.3) is 10.1 Å². The molecule has 1 N–H and O–H groups in total. The second kappa shape index (κ2) is 3.57. The Morgan fingerprint density at radius 3 is 2.31 bits per heavy atom. The molecule has 0 saturated heterocycles. The summed E-state index contributed by atoms with van der Waals surface area (Å²) in [5.41, 5.74) is 1.52. The molecule has 0 aromatic heterocycles. The standard InChI is InChI=1S/C12H12O3S/c1-8-3-5-10-6-4-9(2)12(11(10)7-8)16(13,14)15/h3-7H,1-2H3,(H,13,14,15). The van der Waals surface area contributed by atoms with Gasteiger partial charge < -0.3 is 0 Å². The first-order valence-corrected chi connectivity index (χ1v) is 6.31. The first kappa shape index (κ1) is 11.1. The molecule has 0 radical (unpaired) electrons. The van der Waals surface area contributed by atoms with Crippen molar-refractivity contribution in [3.05, 3.63) is 41.5 Å². The second-order valence-corrected chi connectivity index (χ2v) is 5.27. The van der Waals surface area contributed by atoms with E-state index in [4.69, 9.17) is 0 Å². The van der Waals surface area contributed by atoms with Crippen LogP contribution in [0.15, 0.2) is 35.2 Å². The molecule has 0 amide bonds. The Morgan fingerprint density at radius 2 is 1.69 bits per heavy atom. The highest BCUT2D eigenvalue weighted by molar-refractivity contribution is 7.86. The molecule has 2 aromatic rings. The monoisotopic (exact) mass is 236 g/mol. The van der Waals surface area contributed by atoms with Crippen molar-refractivity contribution in [2.45, 2.75) is 18.7 Å². The maximum absolute atomic E-state index is 11.3. The minimum Gasteiger partial charge on any atom is -0.282 e. The van der Waals surface area contributed by atoms with Gasteiger partial charge in [0.05, 0.1) is 0 Å². The van der Waals surface area contributed by atoms with E-state index in [1.807, 2.05) is 25.1 Å². The van der Waals surface area contributed by atoms with Gasteiger partial charge in [-0.1, -0.05) is 35.9 Å². The Bertz CT molecular complexity index is 652. The third-order valence-corrected chi connectivity index (χ3v) is 3.64. The highest BCUT2D eigenvalue weighted by Gasteiger charge is 2.16. The van der Waals surface area contributed by atoms with Crippen molar-refractivity contribution in [3.63, 3.8) is 0 Å². The zero-order chi connectivity index (χ0) is 11.9. The maximum atomic E-state index is 11.3. The predicted octanol–water partition coefficient (Wildman–Crippen LogP) is 2.70. The highest BCUT2D eigenvalue weighted by Crippen LogP contribution is 2.27. The molecule has 0 spiro atoms. The van der Waals surface area contributed by atoms with Crippen LogP contribution < -0.4 is 0 Å². The summed E-state index contributed by atoms with van der Waals surface area (Å²) in [5, 5.41) is 1.38. The molecule has 0 aliphatic carbocycles. The average molecular weight is 236 g/mol. The van der Waals surface area contributed by atoms with Gasteiger partial charge >= 0.3 is 0 Å². The molecule has 0 bridgehead atoms. The molecule has 0 aliphatic heterocycles. The molecule has 0 heterocycles. The topological polar surface area (TPSA) is 54.4 Å². The Morgan fingerprint density at radius 1 is 1.06 bits per heavy atom. The van der Waals surface area contributed by atoms with Crippen LogP contribution in [-0.2, 0) is 10.1 Å². The van der Waals surface area contributed by atoms with Crippen molar-refractivity contribution in [2.24, 2.45) is 0 Å². The zero-order valence-corrected chi connectivity index (χ0v) is 9.88. The van der Waals surface area contributed by atoms with Crippen LogP contribution >= 0.6 is 0 Å². The van der Waals surface area contributed by atoms with Gasteiger partial charge in [-0.05, 0) is 24.8 Å². The Hall–Kier alpha value is -1.39. The molecule has 16 heavy (non-hydrogen) atoms. The number of hydrogen-bond acceptors (Lipinski definition) is 2. The molecule has 84 valence electrons. The summed E-state index contributed by atoms with van der Waals surface area (Å²) in [7, 11) is -4.18. The first-order chi connectivity index (χ1) is 7.39. The van der Waals surface area contributed by atoms with Crippen molar-refractivity contribution in [2.75, 3.05) is 0 Å². The quantitative estimate of drug-likeness (QED) is 0.774. The number of benzene rings is 2. The second-order valence-electron chi connectivity index (χ2n) is 3.91. The molecule has 0 unspecified atom stereocenters. The lowest BCUT2D eigenvalue weighted by atomic mass is 10.1. The van der Waals surface area contributed by atoms with E-state index in [1.165, 1.54) is 0 Å². The summed E-state index contributed by atoms with van der Waals surface area (Å²) >= 11 is 0. The minimum absolute atomic E-state index is 0.00806. The Kier molecular flexibility index (Phi) is 2.48. The molecule has 4 heteroatoms. The largest absolute Gasteiger partial charge is 0.295 e. The van der Waals surface area contributed by atoms with Crippen molar-refractivity contribution in [1.82, 2.24) is 0 Å². The van der Waals surface area contributed by atoms with Crippen LogP contribution in [0.2, 0.25) is 0 Å². The summed E-state index contributed by atoms with van der Waals surface area (Å²) < 4.78 is 31.9. The maximum Gasteiger partial charge on any atom is 0.295 e. The van der Waals surface area contributed by atoms with Crippen LogP contribution in [0.4, 0.5) is 0 Å². The molecule has 0 saturated carbocycles. The van der Waals surface area contributed by atoms with Gasteiger partial charge in [0.15, 0.2) is 0 Å². The summed E-state index contributed by atoms with van der Waals surface area (Å²) in [4.78, 5) is 0.00806. The first-order valence-electron chi connectivity index (χ1n) is 4.87. The van der Waals surface area contributed by atoms with Gasteiger partial charge in [0, 0.05) is 5.39 Å². The van der Waals surface area contributed by atoms with Crippen molar-refractivity contribution >= 4 is 20.9 Å². The molecule has 2 aromatic carbocycles. The van der Waals surface area contributed by atoms with E-state index in [0.29, 0.717) is 10.9 Å². The van der Waals surface area contributed by atoms with Crippen molar-refractivity contribution in [1.29, 1.82) is 0 Å². The number of rotatable bonds is 1. The van der Waals surface area contributed by atoms with E-state index in [-0.39, 0.29) is 4.90 Å². The van der Waals surface area contributed by atoms with E-state index >= 15 is 0 Å². The third-order valence-electron chi connectivity index (χ3n) is 2.58. The zero-order valence-electron chi connectivity index (χ0n) is 9.06. The average Bonchev–Trinajstić information content (AvgIpc) is 2.14. The smallest absolute Gasteiger partial charge is 0.282 e. The van der Waals surface area contributed by atoms with Crippen LogP contribution in [0.5, 0.6) is 0 Å². The van der Waals surface area contributed by atoms with E-state index in [0.717, 1.165) is 10.9 Å². The number of fused-ring (bicyclic) bond motifs is 1. The summed E-state index contributed by atoms with van der Waals surface area (Å²) in [5.74, 6) is 0. The lowest BCUT2D eigenvalue weighted by molar-refractivity contribution is 0.483. The van der Waals surface area contributed by atoms with E-state index in [9.17, 15) is 13.0 Å². The van der Waals surface area contributed by atoms with Crippen LogP contribution in [0.3, 0.4) is 0 Å². The van der Waals surface area contributed by atoms with Gasteiger partial charge in [0.1, 0.15) is 4.90 Å². The van der Waals surface area contributed by atoms with Gasteiger partial charge in [-0.2, -0.15) is 8.42 Å². The predicted molar refractivity (Wildman–Crippen MR) is 63.2 cm³/mol. The lowest BCUT2D eigenvalue weighted by Crippen LogP contribution is -2.02. The fourth-order valence-electron chi connectivity index (χ4n) is 1.86. The Balaban J connectivity index is 3.00. The molecule has 3 nitrogen and oxygen atoms in total. The summed E-state index contributed by atoms with van der Waals surface area (Å²) in [6, 6.07) is 9.06. The van der Waals surface area contributed by atoms with Gasteiger partial charge in [-0.25, -0.2) is 0 Å². The fourth-order valence-corrected chi connectivity index (χ4v) is 2.79. The highest BCUT2D eigenvalue weighted by atomic mass is 32.2. The SMILES string of the molecule is Cc1ccc2ccc(C)c(S(=O)(=O)O)c2c1. The van der Waals surface area contributed by atoms with Crippen molar-refractivity contribution in [3.8, 4) is 0 Å². The summed E-state index contributed by atoms with van der Waals surface area (Å²) in [6.07, 6.45) is 0. The van der Waals surface area contributed by atoms with E-state index in [2.05, 4.69) is 0 Å². The number of hydrogen-bond donors (Lipinski definition) is 1. The van der Waals surface area contributed by atoms with E-state index in [1.54, 1.807) is 19.1 Å². The van der Waals surface area contributed by atoms with E-state index < -0.39 is 10.1 Å². The van der Waals surface area contributed by atoms with Crippen LogP contribution in [0, 0.1) is 13.8 Å². The summed E-state index contributed by atoms with van der Waals surface area (Å²) in [6.45, 7) is 3.56. The van der Waals surface area contributed by atoms with Gasteiger partial charge in [0.2, 0.25) is 0 Å². The third kappa shape index (κ3) is 1.81. The van der Waals surface area contributed by atoms with Gasteiger partial charge in [-0.15, -0.1) is 0 Å².